The third-order valence-electron chi connectivity index (χ3n) is 5.32. The predicted octanol–water partition coefficient (Wildman–Crippen LogP) is 5.19. The maximum atomic E-state index is 12.5. The number of carbonyl (C=O) groups excluding carboxylic acids is 1. The van der Waals surface area contributed by atoms with Gasteiger partial charge in [0.1, 0.15) is 5.75 Å². The Labute approximate surface area is 219 Å². The molecule has 0 atom stereocenters. The van der Waals surface area contributed by atoms with Crippen molar-refractivity contribution in [3.63, 3.8) is 0 Å². The topological polar surface area (TPSA) is 105 Å². The van der Waals surface area contributed by atoms with Crippen molar-refractivity contribution in [2.75, 3.05) is 5.75 Å². The highest BCUT2D eigenvalue weighted by Crippen LogP contribution is 2.28. The number of phenols is 1. The normalized spacial score (nSPS) is 11.2. The van der Waals surface area contributed by atoms with Crippen molar-refractivity contribution in [2.24, 2.45) is 5.10 Å². The van der Waals surface area contributed by atoms with Gasteiger partial charge >= 0.3 is 0 Å². The Hall–Kier alpha value is -4.02. The van der Waals surface area contributed by atoms with Crippen LogP contribution in [0.2, 0.25) is 0 Å². The van der Waals surface area contributed by atoms with E-state index in [1.807, 2.05) is 71.3 Å². The number of fused-ring (bicyclic) bond motifs is 1. The van der Waals surface area contributed by atoms with Crippen molar-refractivity contribution in [3.8, 4) is 22.8 Å². The summed E-state index contributed by atoms with van der Waals surface area (Å²) < 4.78 is 2.85. The van der Waals surface area contributed by atoms with Gasteiger partial charge in [-0.3, -0.25) is 14.3 Å². The van der Waals surface area contributed by atoms with E-state index in [4.69, 9.17) is 0 Å². The molecule has 0 aliphatic heterocycles. The van der Waals surface area contributed by atoms with Crippen molar-refractivity contribution in [1.82, 2.24) is 25.2 Å². The van der Waals surface area contributed by atoms with Gasteiger partial charge in [-0.05, 0) is 53.2 Å². The zero-order valence-electron chi connectivity index (χ0n) is 18.7. The van der Waals surface area contributed by atoms with Gasteiger partial charge in [0.15, 0.2) is 11.0 Å². The summed E-state index contributed by atoms with van der Waals surface area (Å²) in [6, 6.07) is 22.6. The molecule has 2 heterocycles. The minimum Gasteiger partial charge on any atom is -0.507 e. The number of amides is 1. The number of nitrogens with one attached hydrogen (secondary N) is 1. The fourth-order valence-electron chi connectivity index (χ4n) is 3.63. The maximum Gasteiger partial charge on any atom is 0.250 e. The number of aromatic hydroxyl groups is 1. The van der Waals surface area contributed by atoms with Gasteiger partial charge in [0.2, 0.25) is 0 Å². The molecule has 8 nitrogen and oxygen atoms in total. The smallest absolute Gasteiger partial charge is 0.250 e. The Balaban J connectivity index is 1.33. The monoisotopic (exact) mass is 558 g/mol. The van der Waals surface area contributed by atoms with Crippen LogP contribution in [0, 0.1) is 0 Å². The molecular weight excluding hydrogens is 540 g/mol. The van der Waals surface area contributed by atoms with Gasteiger partial charge in [-0.15, -0.1) is 10.2 Å². The molecule has 1 amide bonds. The Kier molecular flexibility index (Phi) is 7.06. The van der Waals surface area contributed by atoms with Crippen molar-refractivity contribution in [3.05, 3.63) is 95.2 Å². The van der Waals surface area contributed by atoms with Crippen molar-refractivity contribution in [2.45, 2.75) is 5.16 Å². The second kappa shape index (κ2) is 10.7. The molecular formula is C26H19BrN6O2S. The van der Waals surface area contributed by atoms with E-state index in [2.05, 4.69) is 41.6 Å². The van der Waals surface area contributed by atoms with E-state index in [-0.39, 0.29) is 17.4 Å². The number of carbonyl (C=O) groups is 1. The van der Waals surface area contributed by atoms with Crippen LogP contribution in [0.1, 0.15) is 5.56 Å². The SMILES string of the molecule is O=C(CSc1nnc(-c2ccncc2)n1-c1ccc(Br)cc1)N/N=C/c1c(O)ccc2ccccc12. The first-order valence-corrected chi connectivity index (χ1v) is 12.6. The highest BCUT2D eigenvalue weighted by molar-refractivity contribution is 9.10. The molecule has 3 aromatic carbocycles. The first-order valence-electron chi connectivity index (χ1n) is 10.9. The van der Waals surface area contributed by atoms with Gasteiger partial charge in [-0.2, -0.15) is 5.10 Å². The molecule has 2 N–H and O–H groups in total. The molecule has 0 unspecified atom stereocenters. The van der Waals surface area contributed by atoms with Crippen molar-refractivity contribution < 1.29 is 9.90 Å². The zero-order valence-corrected chi connectivity index (χ0v) is 21.1. The number of nitrogens with zero attached hydrogens (tertiary/aromatic N) is 5. The number of hydrazone groups is 1. The number of benzene rings is 3. The molecule has 5 rings (SSSR count). The Morgan fingerprint density at radius 1 is 1.03 bits per heavy atom. The van der Waals surface area contributed by atoms with Gasteiger partial charge in [-0.25, -0.2) is 5.43 Å². The van der Waals surface area contributed by atoms with Crippen LogP contribution in [0.3, 0.4) is 0 Å². The minimum atomic E-state index is -0.313. The second-order valence-corrected chi connectivity index (χ2v) is 9.51. The highest BCUT2D eigenvalue weighted by Gasteiger charge is 2.17. The number of pyridine rings is 1. The molecule has 178 valence electrons. The number of rotatable bonds is 7. The third kappa shape index (κ3) is 5.14. The summed E-state index contributed by atoms with van der Waals surface area (Å²) in [6.07, 6.45) is 4.84. The fourth-order valence-corrected chi connectivity index (χ4v) is 4.63. The van der Waals surface area contributed by atoms with E-state index >= 15 is 0 Å². The van der Waals surface area contributed by atoms with Crippen LogP contribution in [0.5, 0.6) is 5.75 Å². The number of hydrogen-bond acceptors (Lipinski definition) is 7. The van der Waals surface area contributed by atoms with Crippen molar-refractivity contribution in [1.29, 1.82) is 0 Å². The first-order chi connectivity index (χ1) is 17.6. The molecule has 0 saturated heterocycles. The zero-order chi connectivity index (χ0) is 24.9. The lowest BCUT2D eigenvalue weighted by molar-refractivity contribution is -0.118. The molecule has 0 spiro atoms. The number of aromatic nitrogens is 4. The summed E-state index contributed by atoms with van der Waals surface area (Å²) in [5.41, 5.74) is 4.79. The average Bonchev–Trinajstić information content (AvgIpc) is 3.33. The van der Waals surface area contributed by atoms with Crippen LogP contribution in [0.15, 0.2) is 99.9 Å². The summed E-state index contributed by atoms with van der Waals surface area (Å²) in [5.74, 6) is 0.496. The largest absolute Gasteiger partial charge is 0.507 e. The van der Waals surface area contributed by atoms with E-state index in [0.29, 0.717) is 16.5 Å². The predicted molar refractivity (Wildman–Crippen MR) is 144 cm³/mol. The first kappa shape index (κ1) is 23.7. The Bertz CT molecular complexity index is 1550. The van der Waals surface area contributed by atoms with Crippen LogP contribution in [-0.4, -0.2) is 42.7 Å². The summed E-state index contributed by atoms with van der Waals surface area (Å²) in [6.45, 7) is 0. The molecule has 0 aliphatic rings. The van der Waals surface area contributed by atoms with E-state index in [0.717, 1.165) is 26.5 Å². The fraction of sp³-hybridized carbons (Fsp3) is 0.0385. The summed E-state index contributed by atoms with van der Waals surface area (Å²) in [7, 11) is 0. The van der Waals surface area contributed by atoms with Gasteiger partial charge in [0, 0.05) is 33.7 Å². The quantitative estimate of drug-likeness (QED) is 0.162. The number of phenolic OH excluding ortho intramolecular Hbond substituents is 1. The van der Waals surface area contributed by atoms with Crippen LogP contribution in [0.25, 0.3) is 27.8 Å². The molecule has 0 aliphatic carbocycles. The summed E-state index contributed by atoms with van der Waals surface area (Å²) in [5, 5.41) is 25.4. The summed E-state index contributed by atoms with van der Waals surface area (Å²) >= 11 is 4.71. The lowest BCUT2D eigenvalue weighted by Crippen LogP contribution is -2.20. The average molecular weight is 559 g/mol. The second-order valence-electron chi connectivity index (χ2n) is 7.66. The van der Waals surface area contributed by atoms with Gasteiger partial charge < -0.3 is 5.11 Å². The minimum absolute atomic E-state index is 0.0733. The molecule has 0 bridgehead atoms. The highest BCUT2D eigenvalue weighted by atomic mass is 79.9. The van der Waals surface area contributed by atoms with Crippen LogP contribution < -0.4 is 5.43 Å². The van der Waals surface area contributed by atoms with E-state index in [1.54, 1.807) is 18.5 Å². The molecule has 5 aromatic rings. The van der Waals surface area contributed by atoms with Gasteiger partial charge in [-0.1, -0.05) is 58.0 Å². The standard InChI is InChI=1S/C26H19BrN6O2S/c27-19-6-8-20(9-7-19)33-25(18-11-13-28-14-12-18)31-32-26(33)36-16-24(35)30-29-15-22-21-4-2-1-3-17(21)5-10-23(22)34/h1-15,34H,16H2,(H,30,35)/b29-15+. The van der Waals surface area contributed by atoms with E-state index in [9.17, 15) is 9.90 Å². The van der Waals surface area contributed by atoms with Crippen molar-refractivity contribution >= 4 is 50.6 Å². The Morgan fingerprint density at radius 3 is 2.61 bits per heavy atom. The molecule has 0 saturated carbocycles. The third-order valence-corrected chi connectivity index (χ3v) is 6.78. The number of hydrogen-bond donors (Lipinski definition) is 2. The molecule has 0 radical (unpaired) electrons. The summed E-state index contributed by atoms with van der Waals surface area (Å²) in [4.78, 5) is 16.6. The number of thioether (sulfide) groups is 1. The van der Waals surface area contributed by atoms with Gasteiger partial charge in [0.05, 0.1) is 12.0 Å². The molecule has 2 aromatic heterocycles. The van der Waals surface area contributed by atoms with Crippen LogP contribution >= 0.6 is 27.7 Å². The lowest BCUT2D eigenvalue weighted by atomic mass is 10.0. The molecule has 10 heteroatoms. The maximum absolute atomic E-state index is 12.5. The van der Waals surface area contributed by atoms with E-state index in [1.165, 1.54) is 18.0 Å². The van der Waals surface area contributed by atoms with Gasteiger partial charge in [0.25, 0.3) is 5.91 Å². The number of halogens is 1. The molecule has 0 fully saturated rings. The van der Waals surface area contributed by atoms with Crippen LogP contribution in [-0.2, 0) is 4.79 Å². The molecule has 36 heavy (non-hydrogen) atoms. The lowest BCUT2D eigenvalue weighted by Gasteiger charge is -2.10. The van der Waals surface area contributed by atoms with E-state index < -0.39 is 0 Å². The Morgan fingerprint density at radius 2 is 1.81 bits per heavy atom. The van der Waals surface area contributed by atoms with Crippen LogP contribution in [0.4, 0.5) is 0 Å².